The summed E-state index contributed by atoms with van der Waals surface area (Å²) >= 11 is 0. The molecule has 12 heavy (non-hydrogen) atoms. The summed E-state index contributed by atoms with van der Waals surface area (Å²) in [6, 6.07) is -0.578. The summed E-state index contributed by atoms with van der Waals surface area (Å²) in [6.07, 6.45) is 1.25. The van der Waals surface area contributed by atoms with Crippen molar-refractivity contribution >= 4 is 11.9 Å². The fourth-order valence-electron chi connectivity index (χ4n) is 0.697. The molecule has 0 rings (SSSR count). The van der Waals surface area contributed by atoms with Crippen LogP contribution in [0.2, 0.25) is 0 Å². The van der Waals surface area contributed by atoms with Crippen LogP contribution >= 0.6 is 0 Å². The summed E-state index contributed by atoms with van der Waals surface area (Å²) < 4.78 is 0. The lowest BCUT2D eigenvalue weighted by Crippen LogP contribution is -2.78. The molecule has 0 fully saturated rings. The van der Waals surface area contributed by atoms with E-state index in [1.54, 1.807) is 0 Å². The highest BCUT2D eigenvalue weighted by Gasteiger charge is 2.07. The van der Waals surface area contributed by atoms with Gasteiger partial charge in [-0.25, -0.2) is 0 Å². The minimum Gasteiger partial charge on any atom is -0.368 e. The van der Waals surface area contributed by atoms with Crippen molar-refractivity contribution in [2.24, 2.45) is 22.9 Å². The Labute approximate surface area is 71.0 Å². The molecule has 0 radical (unpaired) electrons. The predicted molar refractivity (Wildman–Crippen MR) is 45.6 cm³/mol. The number of carbonyl (C=O) groups is 1. The van der Waals surface area contributed by atoms with Gasteiger partial charge in [0, 0.05) is 0 Å². The summed E-state index contributed by atoms with van der Waals surface area (Å²) in [7, 11) is 0. The average molecular weight is 174 g/mol. The lowest BCUT2D eigenvalue weighted by molar-refractivity contribution is -0.459. The maximum atomic E-state index is 10.4. The quantitative estimate of drug-likeness (QED) is 0.164. The highest BCUT2D eigenvalue weighted by Crippen LogP contribution is 1.89. The van der Waals surface area contributed by atoms with Crippen LogP contribution < -0.4 is 27.9 Å². The van der Waals surface area contributed by atoms with Gasteiger partial charge in [0.1, 0.15) is 0 Å². The first kappa shape index (κ1) is 10.7. The van der Waals surface area contributed by atoms with E-state index in [0.29, 0.717) is 19.4 Å². The number of nitrogens with two attached hydrogens (primary N) is 4. The van der Waals surface area contributed by atoms with Gasteiger partial charge in [0.2, 0.25) is 5.91 Å². The van der Waals surface area contributed by atoms with E-state index >= 15 is 0 Å². The Kier molecular flexibility index (Phi) is 4.78. The molecule has 0 bridgehead atoms. The molecule has 1 amide bonds. The topological polar surface area (TPSA) is 135 Å². The molecule has 0 aromatic rings. The van der Waals surface area contributed by atoms with Crippen molar-refractivity contribution in [1.82, 2.24) is 0 Å². The van der Waals surface area contributed by atoms with E-state index in [4.69, 9.17) is 22.9 Å². The Morgan fingerprint density at radius 1 is 1.33 bits per heavy atom. The Balaban J connectivity index is 3.44. The second-order valence-corrected chi connectivity index (χ2v) is 2.53. The van der Waals surface area contributed by atoms with Gasteiger partial charge in [-0.05, 0) is 12.8 Å². The van der Waals surface area contributed by atoms with Crippen molar-refractivity contribution in [1.29, 1.82) is 0 Å². The van der Waals surface area contributed by atoms with E-state index in [1.165, 1.54) is 0 Å². The standard InChI is InChI=1S/C6H15N5O/c7-4(5(8)12)2-1-3-11-6(9)10/h4H,1-3,7H2,(H2,8,12)(H4,9,10,11)/p+1. The van der Waals surface area contributed by atoms with Gasteiger partial charge in [0.25, 0.3) is 0 Å². The number of guanidine groups is 1. The Morgan fingerprint density at radius 3 is 2.33 bits per heavy atom. The van der Waals surface area contributed by atoms with Crippen LogP contribution in [0.4, 0.5) is 0 Å². The highest BCUT2D eigenvalue weighted by molar-refractivity contribution is 5.79. The molecular weight excluding hydrogens is 158 g/mol. The van der Waals surface area contributed by atoms with E-state index < -0.39 is 11.9 Å². The average Bonchev–Trinajstić information content (AvgIpc) is 1.97. The number of hydrogen-bond donors (Lipinski definition) is 5. The summed E-state index contributed by atoms with van der Waals surface area (Å²) in [5.74, 6) is -0.317. The molecular formula is C6H16N5O+. The third-order valence-electron chi connectivity index (χ3n) is 1.39. The molecule has 70 valence electrons. The molecule has 0 aliphatic rings. The lowest BCUT2D eigenvalue weighted by Gasteiger charge is -2.03. The zero-order valence-corrected chi connectivity index (χ0v) is 6.92. The van der Waals surface area contributed by atoms with Crippen LogP contribution in [0, 0.1) is 0 Å². The molecule has 0 aromatic heterocycles. The second kappa shape index (κ2) is 5.36. The first-order chi connectivity index (χ1) is 5.54. The molecule has 0 aliphatic heterocycles. The molecule has 0 aromatic carbocycles. The Bertz CT molecular complexity index is 175. The van der Waals surface area contributed by atoms with Crippen LogP contribution in [-0.4, -0.2) is 24.5 Å². The van der Waals surface area contributed by atoms with Crippen LogP contribution in [0.25, 0.3) is 0 Å². The van der Waals surface area contributed by atoms with Gasteiger partial charge in [0.15, 0.2) is 0 Å². The number of amides is 1. The van der Waals surface area contributed by atoms with Gasteiger partial charge >= 0.3 is 5.96 Å². The molecule has 6 heteroatoms. The Hall–Kier alpha value is -1.30. The number of nitrogens with one attached hydrogen (secondary N) is 1. The van der Waals surface area contributed by atoms with Gasteiger partial charge in [-0.3, -0.25) is 21.3 Å². The Morgan fingerprint density at radius 2 is 1.92 bits per heavy atom. The van der Waals surface area contributed by atoms with E-state index in [1.807, 2.05) is 0 Å². The van der Waals surface area contributed by atoms with Crippen molar-refractivity contribution in [3.63, 3.8) is 0 Å². The lowest BCUT2D eigenvalue weighted by atomic mass is 10.1. The molecule has 6 nitrogen and oxygen atoms in total. The fourth-order valence-corrected chi connectivity index (χ4v) is 0.697. The van der Waals surface area contributed by atoms with E-state index in [9.17, 15) is 4.79 Å². The van der Waals surface area contributed by atoms with Crippen LogP contribution in [0.3, 0.4) is 0 Å². The maximum Gasteiger partial charge on any atom is 0.338 e. The molecule has 0 spiro atoms. The SMILES string of the molecule is NC(=O)C(N)CCC[NH+]=C(N)N. The number of rotatable bonds is 5. The minimum atomic E-state index is -0.578. The van der Waals surface area contributed by atoms with Crippen LogP contribution in [0.15, 0.2) is 0 Å². The van der Waals surface area contributed by atoms with Crippen molar-refractivity contribution in [2.45, 2.75) is 18.9 Å². The van der Waals surface area contributed by atoms with Crippen molar-refractivity contribution in [2.75, 3.05) is 6.54 Å². The number of primary amides is 1. The third-order valence-corrected chi connectivity index (χ3v) is 1.39. The number of hydrogen-bond acceptors (Lipinski definition) is 2. The zero-order valence-electron chi connectivity index (χ0n) is 6.92. The van der Waals surface area contributed by atoms with Gasteiger partial charge in [-0.1, -0.05) is 0 Å². The smallest absolute Gasteiger partial charge is 0.338 e. The van der Waals surface area contributed by atoms with Crippen molar-refractivity contribution < 1.29 is 9.79 Å². The summed E-state index contributed by atoms with van der Waals surface area (Å²) in [5, 5.41) is 0. The largest absolute Gasteiger partial charge is 0.368 e. The predicted octanol–water partition coefficient (Wildman–Crippen LogP) is -4.07. The van der Waals surface area contributed by atoms with Crippen LogP contribution in [0.1, 0.15) is 12.8 Å². The van der Waals surface area contributed by atoms with Gasteiger partial charge in [0.05, 0.1) is 12.6 Å². The van der Waals surface area contributed by atoms with Crippen LogP contribution in [-0.2, 0) is 4.79 Å². The molecule has 1 atom stereocenters. The maximum absolute atomic E-state index is 10.4. The zero-order chi connectivity index (χ0) is 9.56. The summed E-state index contributed by atoms with van der Waals surface area (Å²) in [4.78, 5) is 13.2. The molecule has 1 unspecified atom stereocenters. The van der Waals surface area contributed by atoms with Gasteiger partial charge in [-0.2, -0.15) is 0 Å². The summed E-state index contributed by atoms with van der Waals surface area (Å²) in [5.41, 5.74) is 20.6. The van der Waals surface area contributed by atoms with Gasteiger partial charge in [-0.15, -0.1) is 0 Å². The molecule has 9 N–H and O–H groups in total. The number of carbonyl (C=O) groups excluding carboxylic acids is 1. The summed E-state index contributed by atoms with van der Waals surface area (Å²) in [6.45, 7) is 0.601. The molecule has 0 aliphatic carbocycles. The van der Waals surface area contributed by atoms with E-state index in [2.05, 4.69) is 4.99 Å². The monoisotopic (exact) mass is 174 g/mol. The van der Waals surface area contributed by atoms with E-state index in [-0.39, 0.29) is 5.96 Å². The first-order valence-corrected chi connectivity index (χ1v) is 3.70. The third kappa shape index (κ3) is 5.48. The van der Waals surface area contributed by atoms with Crippen molar-refractivity contribution in [3.05, 3.63) is 0 Å². The van der Waals surface area contributed by atoms with Crippen molar-refractivity contribution in [3.8, 4) is 0 Å². The fraction of sp³-hybridized carbons (Fsp3) is 0.667. The molecule has 0 saturated heterocycles. The molecule has 0 saturated carbocycles. The normalized spacial score (nSPS) is 12.1. The highest BCUT2D eigenvalue weighted by atomic mass is 16.1. The second-order valence-electron chi connectivity index (χ2n) is 2.53. The van der Waals surface area contributed by atoms with Gasteiger partial charge < -0.3 is 11.5 Å². The molecule has 0 heterocycles. The minimum absolute atomic E-state index is 0.169. The van der Waals surface area contributed by atoms with E-state index in [0.717, 1.165) is 0 Å². The van der Waals surface area contributed by atoms with Crippen LogP contribution in [0.5, 0.6) is 0 Å². The first-order valence-electron chi connectivity index (χ1n) is 3.70.